The molecule has 0 bridgehead atoms. The average molecular weight is 2020 g/mol. The van der Waals surface area contributed by atoms with E-state index in [1.54, 1.807) is 12.1 Å². The van der Waals surface area contributed by atoms with E-state index >= 15 is 0 Å². The number of rotatable bonds is 49. The molecule has 25 nitrogen and oxygen atoms in total. The Bertz CT molecular complexity index is 5400. The zero-order valence-electron chi connectivity index (χ0n) is 89.0. The van der Waals surface area contributed by atoms with Crippen molar-refractivity contribution in [1.82, 2.24) is 39.5 Å². The number of halogens is 1. The number of hydrogen-bond donors (Lipinski definition) is 5. The fourth-order valence-electron chi connectivity index (χ4n) is 22.0. The Morgan fingerprint density at radius 1 is 0.395 bits per heavy atom. The van der Waals surface area contributed by atoms with Crippen LogP contribution in [0.1, 0.15) is 330 Å². The summed E-state index contributed by atoms with van der Waals surface area (Å²) < 4.78 is 62.8. The molecule has 5 aliphatic heterocycles. The van der Waals surface area contributed by atoms with Crippen LogP contribution in [-0.4, -0.2) is 219 Å². The molecular formula is C121H166FN9O16. The van der Waals surface area contributed by atoms with Crippen LogP contribution in [-0.2, 0) is 154 Å². The van der Waals surface area contributed by atoms with E-state index in [2.05, 4.69) is 68.5 Å². The minimum atomic E-state index is -0.987. The van der Waals surface area contributed by atoms with Crippen molar-refractivity contribution < 1.29 is 81.9 Å². The minimum Gasteiger partial charge on any atom is -0.480 e. The summed E-state index contributed by atoms with van der Waals surface area (Å²) in [7, 11) is 0. The van der Waals surface area contributed by atoms with Gasteiger partial charge in [-0.3, -0.25) is 53.7 Å². The van der Waals surface area contributed by atoms with Gasteiger partial charge in [0.1, 0.15) is 35.8 Å². The molecule has 9 heterocycles. The Kier molecular flexibility index (Phi) is 42.6. The highest BCUT2D eigenvalue weighted by Gasteiger charge is 2.41. The van der Waals surface area contributed by atoms with Crippen LogP contribution < -0.4 is 5.32 Å². The van der Waals surface area contributed by atoms with E-state index in [1.165, 1.54) is 146 Å². The van der Waals surface area contributed by atoms with Gasteiger partial charge in [-0.15, -0.1) is 0 Å². The summed E-state index contributed by atoms with van der Waals surface area (Å²) in [6.45, 7) is 27.8. The van der Waals surface area contributed by atoms with Crippen LogP contribution in [0.25, 0.3) is 0 Å². The van der Waals surface area contributed by atoms with Gasteiger partial charge in [-0.25, -0.2) is 9.37 Å². The first kappa shape index (κ1) is 112. The van der Waals surface area contributed by atoms with Gasteiger partial charge in [0.15, 0.2) is 0 Å². The van der Waals surface area contributed by atoms with Gasteiger partial charge in [-0.05, 0) is 377 Å². The number of anilines is 1. The Hall–Kier alpha value is -9.39. The summed E-state index contributed by atoms with van der Waals surface area (Å²) in [5.74, 6) is -1.42. The van der Waals surface area contributed by atoms with Gasteiger partial charge >= 0.3 is 23.9 Å². The Labute approximate surface area is 872 Å². The number of hydrogen-bond acceptors (Lipinski definition) is 21. The molecule has 0 spiro atoms. The van der Waals surface area contributed by atoms with E-state index in [0.29, 0.717) is 108 Å². The molecule has 26 heteroatoms. The third kappa shape index (κ3) is 34.3. The highest BCUT2D eigenvalue weighted by Crippen LogP contribution is 2.40. The average Bonchev–Trinajstić information content (AvgIpc) is 1.52. The van der Waals surface area contributed by atoms with E-state index in [1.807, 2.05) is 115 Å². The maximum atomic E-state index is 14.6. The predicted octanol–water partition coefficient (Wildman–Crippen LogP) is 21.4. The van der Waals surface area contributed by atoms with Crippen LogP contribution >= 0.6 is 0 Å². The first-order valence-corrected chi connectivity index (χ1v) is 55.7. The normalized spacial score (nSPS) is 19.8. The molecule has 2 unspecified atom stereocenters. The standard InChI is InChI=1S/2C31H42N2O4.C31H44N2O4.C28H38FN3O4/c2*1-22-9-12-25(21-36-20-23-10-11-23)28(18-22)30(31(34)35)33-16-15-27(19-33)37-17-5-4-7-26-14-13-24-6-2-3-8-29(24)32-26;1-22-12-13-24(21-37-31(2,3)4)27(19-22)29(30(34)35)33-17-16-26(20-33)36-18-8-7-10-25-15-14-23-9-5-6-11-28(23)32-25;1-19(2)36-18-24-23(9-5-10-25(24)29)26(28(33)34)32-15-13-22(17-32)35-16-4-3-8-21-12-11-20-7-6-14-30-27(20)31-21/h2*9,12-14,18,23,27,30H,2-8,10-11,15-17,19-21H2,1H3,(H,34,35);12-15,19,26,29H,5-11,16-18,20-21H2,1-4H3,(H,34,35);5,9-12,19,22,26H,3-4,6-8,13-18H2,1-2H3,(H,30,31)(H,33,34)/t27-,30+;27-,30-;26-,29?;22-,26?/m1111/s1. The Balaban J connectivity index is 0.000000147. The van der Waals surface area contributed by atoms with E-state index in [0.717, 1.165) is 229 Å². The second-order valence-electron chi connectivity index (χ2n) is 44.2. The number of aliphatic carboxylic acids is 4. The van der Waals surface area contributed by atoms with Gasteiger partial charge in [0, 0.05) is 144 Å². The first-order valence-electron chi connectivity index (χ1n) is 55.7. The number of carboxylic acid groups (broad SMARTS) is 4. The van der Waals surface area contributed by atoms with E-state index < -0.39 is 53.9 Å². The zero-order chi connectivity index (χ0) is 103. The quantitative estimate of drug-likeness (QED) is 0.0221. The van der Waals surface area contributed by atoms with Crippen LogP contribution in [0.15, 0.2) is 121 Å². The second kappa shape index (κ2) is 56.1. The molecule has 8 atom stereocenters. The lowest BCUT2D eigenvalue weighted by molar-refractivity contribution is -0.144. The van der Waals surface area contributed by atoms with Crippen molar-refractivity contribution in [3.63, 3.8) is 0 Å². The summed E-state index contributed by atoms with van der Waals surface area (Å²) in [6, 6.07) is 37.7. The monoisotopic (exact) mass is 2020 g/mol. The number of nitrogens with one attached hydrogen (secondary N) is 1. The molecule has 4 aromatic heterocycles. The van der Waals surface area contributed by atoms with Crippen molar-refractivity contribution in [2.75, 3.05) is 104 Å². The lowest BCUT2D eigenvalue weighted by atomic mass is 9.95. The maximum absolute atomic E-state index is 14.6. The number of nitrogens with zero attached hydrogens (tertiary/aromatic N) is 8. The van der Waals surface area contributed by atoms with Gasteiger partial charge in [-0.2, -0.15) is 0 Å². The number of aryl methyl sites for hydroxylation is 14. The molecule has 2 saturated carbocycles. The summed E-state index contributed by atoms with van der Waals surface area (Å²) in [4.78, 5) is 77.1. The van der Waals surface area contributed by atoms with E-state index in [9.17, 15) is 44.0 Å². The lowest BCUT2D eigenvalue weighted by Crippen LogP contribution is -2.34. The number of aromatic nitrogens is 4. The van der Waals surface area contributed by atoms with E-state index in [-0.39, 0.29) is 42.7 Å². The zero-order valence-corrected chi connectivity index (χ0v) is 89.0. The number of pyridine rings is 4. The molecule has 8 aromatic rings. The fourth-order valence-corrected chi connectivity index (χ4v) is 22.0. The van der Waals surface area contributed by atoms with Crippen molar-refractivity contribution in [2.24, 2.45) is 11.8 Å². The molecule has 5 aliphatic carbocycles. The number of unbranched alkanes of at least 4 members (excludes halogenated alkanes) is 4. The molecule has 0 amide bonds. The van der Waals surface area contributed by atoms with Crippen LogP contribution in [0.2, 0.25) is 0 Å². The molecule has 4 aromatic carbocycles. The third-order valence-electron chi connectivity index (χ3n) is 30.6. The maximum Gasteiger partial charge on any atom is 0.325 e. The summed E-state index contributed by atoms with van der Waals surface area (Å²) in [6.07, 6.45) is 37.3. The van der Waals surface area contributed by atoms with Gasteiger partial charge in [0.2, 0.25) is 0 Å². The number of ether oxygens (including phenoxy) is 8. The topological polar surface area (TPSA) is 300 Å². The van der Waals surface area contributed by atoms with Crippen LogP contribution in [0.3, 0.4) is 0 Å². The molecule has 18 rings (SSSR count). The second-order valence-corrected chi connectivity index (χ2v) is 44.2. The van der Waals surface area contributed by atoms with Crippen molar-refractivity contribution in [3.8, 4) is 0 Å². The molecule has 798 valence electrons. The Morgan fingerprint density at radius 2 is 0.735 bits per heavy atom. The minimum absolute atomic E-state index is 0.0261. The van der Waals surface area contributed by atoms with Crippen molar-refractivity contribution in [1.29, 1.82) is 0 Å². The molecular weight excluding hydrogens is 1850 g/mol. The largest absolute Gasteiger partial charge is 0.480 e. The summed E-state index contributed by atoms with van der Waals surface area (Å²) in [5.41, 5.74) is 23.4. The lowest BCUT2D eigenvalue weighted by Gasteiger charge is -2.28. The predicted molar refractivity (Wildman–Crippen MR) is 570 cm³/mol. The van der Waals surface area contributed by atoms with Gasteiger partial charge in [0.25, 0.3) is 0 Å². The van der Waals surface area contributed by atoms with E-state index in [4.69, 9.17) is 57.8 Å². The van der Waals surface area contributed by atoms with Gasteiger partial charge in [-0.1, -0.05) is 108 Å². The van der Waals surface area contributed by atoms with Crippen molar-refractivity contribution in [2.45, 2.75) is 360 Å². The van der Waals surface area contributed by atoms with Crippen LogP contribution in [0.5, 0.6) is 0 Å². The molecule has 0 radical (unpaired) electrons. The molecule has 10 aliphatic rings. The van der Waals surface area contributed by atoms with Crippen LogP contribution in [0, 0.1) is 38.4 Å². The SMILES string of the molecule is CC(C)OCc1c(F)cccc1C(C(=O)O)N1CC[C@@H](OCCCCc2ccc3c(n2)NCCC3)C1.Cc1ccc(COC(C)(C)C)c(C(C(=O)O)N2CC[C@@H](OCCCCc3ccc4c(n3)CCCC4)C2)c1.Cc1ccc(COCC2CC2)c([C@@H](C(=O)O)N2CC[C@@H](OCCCCc3ccc4c(n3)CCCC4)C2)c1.Cc1ccc(COCC2CC2)c([C@H](C(=O)O)N2CC[C@@H](OCCCCc3ccc4c(n3)CCCC4)C2)c1. The number of likely N-dealkylation sites (tertiary alicyclic amines) is 4. The van der Waals surface area contributed by atoms with Gasteiger partial charge in [0.05, 0.1) is 62.5 Å². The fraction of sp³-hybridized carbons (Fsp3) is 0.603. The van der Waals surface area contributed by atoms with Crippen molar-refractivity contribution in [3.05, 3.63) is 250 Å². The number of carbonyl (C=O) groups is 4. The number of benzene rings is 4. The number of carboxylic acids is 4. The third-order valence-corrected chi connectivity index (χ3v) is 30.6. The molecule has 5 N–H and O–H groups in total. The van der Waals surface area contributed by atoms with Crippen molar-refractivity contribution >= 4 is 29.7 Å². The van der Waals surface area contributed by atoms with Gasteiger partial charge < -0.3 is 63.6 Å². The summed E-state index contributed by atoms with van der Waals surface area (Å²) in [5, 5.41) is 44.1. The first-order chi connectivity index (χ1) is 71.2. The summed E-state index contributed by atoms with van der Waals surface area (Å²) >= 11 is 0. The smallest absolute Gasteiger partial charge is 0.325 e. The molecule has 6 fully saturated rings. The highest BCUT2D eigenvalue weighted by atomic mass is 19.1. The van der Waals surface area contributed by atoms with Crippen LogP contribution in [0.4, 0.5) is 10.2 Å². The number of fused-ring (bicyclic) bond motifs is 4. The molecule has 4 saturated heterocycles. The Morgan fingerprint density at radius 3 is 1.09 bits per heavy atom. The molecule has 147 heavy (non-hydrogen) atoms. The highest BCUT2D eigenvalue weighted by molar-refractivity contribution is 5.78.